The smallest absolute Gasteiger partial charge is 0.141 e. The van der Waals surface area contributed by atoms with Crippen molar-refractivity contribution in [3.8, 4) is 0 Å². The van der Waals surface area contributed by atoms with E-state index in [1.54, 1.807) is 24.3 Å². The number of aromatic nitrogens is 2. The molecule has 0 saturated heterocycles. The van der Waals surface area contributed by atoms with E-state index in [4.69, 9.17) is 16.9 Å². The number of unbranched alkanes of at least 4 members (excludes halogenated alkanes) is 1. The molecule has 2 rings (SSSR count). The Morgan fingerprint density at radius 3 is 2.57 bits per heavy atom. The van der Waals surface area contributed by atoms with E-state index in [1.165, 1.54) is 6.33 Å². The Labute approximate surface area is 124 Å². The fourth-order valence-corrected chi connectivity index (χ4v) is 1.96. The summed E-state index contributed by atoms with van der Waals surface area (Å²) < 4.78 is 0. The quantitative estimate of drug-likeness (QED) is 0.369. The Kier molecular flexibility index (Phi) is 4.71. The van der Waals surface area contributed by atoms with Crippen molar-refractivity contribution in [1.29, 1.82) is 5.41 Å². The molecule has 0 bridgehead atoms. The predicted octanol–water partition coefficient (Wildman–Crippen LogP) is 2.27. The number of nitrogens with one attached hydrogen (secondary N) is 2. The van der Waals surface area contributed by atoms with Gasteiger partial charge in [-0.2, -0.15) is 0 Å². The van der Waals surface area contributed by atoms with E-state index in [2.05, 4.69) is 22.2 Å². The van der Waals surface area contributed by atoms with Gasteiger partial charge in [-0.25, -0.2) is 9.97 Å². The van der Waals surface area contributed by atoms with Gasteiger partial charge in [-0.1, -0.05) is 25.5 Å². The molecule has 0 fully saturated rings. The van der Waals surface area contributed by atoms with Crippen LogP contribution in [0.3, 0.4) is 0 Å². The van der Waals surface area contributed by atoms with Gasteiger partial charge in [0.25, 0.3) is 0 Å². The molecule has 1 aromatic carbocycles. The van der Waals surface area contributed by atoms with Gasteiger partial charge < -0.3 is 16.8 Å². The van der Waals surface area contributed by atoms with Crippen LogP contribution in [0, 0.1) is 5.41 Å². The third-order valence-electron chi connectivity index (χ3n) is 3.15. The lowest BCUT2D eigenvalue weighted by Crippen LogP contribution is -2.14. The Morgan fingerprint density at radius 2 is 1.90 bits per heavy atom. The number of anilines is 3. The maximum atomic E-state index is 8.36. The highest BCUT2D eigenvalue weighted by atomic mass is 15.0. The number of nitrogen functional groups attached to an aromatic ring is 2. The van der Waals surface area contributed by atoms with Crippen LogP contribution >= 0.6 is 0 Å². The molecular formula is C15H20N6. The van der Waals surface area contributed by atoms with Crippen molar-refractivity contribution < 1.29 is 0 Å². The molecule has 0 atom stereocenters. The predicted molar refractivity (Wildman–Crippen MR) is 86.6 cm³/mol. The maximum Gasteiger partial charge on any atom is 0.141 e. The zero-order valence-electron chi connectivity index (χ0n) is 12.1. The fraction of sp³-hybridized carbons (Fsp3) is 0.267. The summed E-state index contributed by atoms with van der Waals surface area (Å²) in [6, 6.07) is 7.10. The van der Waals surface area contributed by atoms with Crippen LogP contribution < -0.4 is 16.8 Å². The molecule has 1 heterocycles. The number of nitrogens with two attached hydrogens (primary N) is 2. The number of hydrogen-bond acceptors (Lipinski definition) is 6. The molecule has 2 aromatic rings. The van der Waals surface area contributed by atoms with Gasteiger partial charge in [0.1, 0.15) is 18.0 Å². The van der Waals surface area contributed by atoms with Crippen LogP contribution in [0.25, 0.3) is 0 Å². The van der Waals surface area contributed by atoms with Crippen molar-refractivity contribution >= 4 is 23.0 Å². The van der Waals surface area contributed by atoms with E-state index in [-0.39, 0.29) is 5.71 Å². The van der Waals surface area contributed by atoms with Crippen molar-refractivity contribution in [2.75, 3.05) is 23.3 Å². The Balaban J connectivity index is 2.32. The van der Waals surface area contributed by atoms with E-state index < -0.39 is 0 Å². The van der Waals surface area contributed by atoms with Gasteiger partial charge in [-0.05, 0) is 18.6 Å². The summed E-state index contributed by atoms with van der Waals surface area (Å²) in [6.45, 7) is 2.91. The lowest BCUT2D eigenvalue weighted by atomic mass is 10.0. The van der Waals surface area contributed by atoms with Crippen LogP contribution in [-0.2, 0) is 0 Å². The summed E-state index contributed by atoms with van der Waals surface area (Å²) in [5.41, 5.74) is 13.8. The van der Waals surface area contributed by atoms with Gasteiger partial charge in [0, 0.05) is 17.8 Å². The first-order chi connectivity index (χ1) is 10.1. The molecule has 0 unspecified atom stereocenters. The topological polar surface area (TPSA) is 114 Å². The van der Waals surface area contributed by atoms with E-state index >= 15 is 0 Å². The van der Waals surface area contributed by atoms with Crippen LogP contribution in [0.15, 0.2) is 30.6 Å². The molecule has 0 radical (unpaired) electrons. The molecule has 1 aromatic heterocycles. The summed E-state index contributed by atoms with van der Waals surface area (Å²) in [4.78, 5) is 8.20. The molecular weight excluding hydrogens is 264 g/mol. The maximum absolute atomic E-state index is 8.36. The van der Waals surface area contributed by atoms with Crippen LogP contribution in [0.5, 0.6) is 0 Å². The van der Waals surface area contributed by atoms with Gasteiger partial charge in [0.2, 0.25) is 0 Å². The first-order valence-corrected chi connectivity index (χ1v) is 6.92. The SMILES string of the molecule is CCCCNc1ncnc(N)c1C(=N)c1ccc(N)cc1. The highest BCUT2D eigenvalue weighted by Crippen LogP contribution is 2.22. The van der Waals surface area contributed by atoms with Gasteiger partial charge in [-0.15, -0.1) is 0 Å². The highest BCUT2D eigenvalue weighted by molar-refractivity contribution is 6.16. The number of hydrogen-bond donors (Lipinski definition) is 4. The van der Waals surface area contributed by atoms with Crippen LogP contribution in [0.4, 0.5) is 17.3 Å². The summed E-state index contributed by atoms with van der Waals surface area (Å²) >= 11 is 0. The van der Waals surface area contributed by atoms with Crippen molar-refractivity contribution in [2.45, 2.75) is 19.8 Å². The summed E-state index contributed by atoms with van der Waals surface area (Å²) in [5.74, 6) is 0.892. The average Bonchev–Trinajstić information content (AvgIpc) is 2.48. The molecule has 0 saturated carbocycles. The Bertz CT molecular complexity index is 621. The van der Waals surface area contributed by atoms with Gasteiger partial charge >= 0.3 is 0 Å². The lowest BCUT2D eigenvalue weighted by Gasteiger charge is -2.13. The molecule has 0 aliphatic heterocycles. The summed E-state index contributed by atoms with van der Waals surface area (Å²) in [7, 11) is 0. The second kappa shape index (κ2) is 6.69. The first kappa shape index (κ1) is 14.8. The van der Waals surface area contributed by atoms with Crippen molar-refractivity contribution in [2.24, 2.45) is 0 Å². The highest BCUT2D eigenvalue weighted by Gasteiger charge is 2.15. The number of rotatable bonds is 6. The summed E-state index contributed by atoms with van der Waals surface area (Å²) in [5, 5.41) is 11.6. The minimum absolute atomic E-state index is 0.284. The van der Waals surface area contributed by atoms with E-state index in [0.717, 1.165) is 24.9 Å². The summed E-state index contributed by atoms with van der Waals surface area (Å²) in [6.07, 6.45) is 3.51. The van der Waals surface area contributed by atoms with Gasteiger partial charge in [0.15, 0.2) is 0 Å². The second-order valence-corrected chi connectivity index (χ2v) is 4.76. The van der Waals surface area contributed by atoms with Crippen molar-refractivity contribution in [3.05, 3.63) is 41.7 Å². The normalized spacial score (nSPS) is 10.3. The van der Waals surface area contributed by atoms with Crippen LogP contribution in [0.1, 0.15) is 30.9 Å². The molecule has 6 nitrogen and oxygen atoms in total. The minimum atomic E-state index is 0.284. The lowest BCUT2D eigenvalue weighted by molar-refractivity contribution is 0.830. The zero-order valence-corrected chi connectivity index (χ0v) is 12.1. The van der Waals surface area contributed by atoms with Crippen LogP contribution in [-0.4, -0.2) is 22.2 Å². The molecule has 0 amide bonds. The first-order valence-electron chi connectivity index (χ1n) is 6.92. The Morgan fingerprint density at radius 1 is 1.19 bits per heavy atom. The van der Waals surface area contributed by atoms with Gasteiger partial charge in [-0.3, -0.25) is 5.41 Å². The molecule has 6 heteroatoms. The third kappa shape index (κ3) is 3.47. The zero-order chi connectivity index (χ0) is 15.2. The van der Waals surface area contributed by atoms with E-state index in [9.17, 15) is 0 Å². The van der Waals surface area contributed by atoms with Crippen molar-refractivity contribution in [3.63, 3.8) is 0 Å². The minimum Gasteiger partial charge on any atom is -0.399 e. The van der Waals surface area contributed by atoms with Gasteiger partial charge in [0.05, 0.1) is 11.3 Å². The third-order valence-corrected chi connectivity index (χ3v) is 3.15. The molecule has 0 aliphatic carbocycles. The average molecular weight is 284 g/mol. The van der Waals surface area contributed by atoms with Crippen LogP contribution in [0.2, 0.25) is 0 Å². The second-order valence-electron chi connectivity index (χ2n) is 4.76. The number of nitrogens with zero attached hydrogens (tertiary/aromatic N) is 2. The molecule has 0 spiro atoms. The number of benzene rings is 1. The van der Waals surface area contributed by atoms with E-state index in [1.807, 2.05) is 0 Å². The Hall–Kier alpha value is -2.63. The van der Waals surface area contributed by atoms with E-state index in [0.29, 0.717) is 22.9 Å². The van der Waals surface area contributed by atoms with Crippen molar-refractivity contribution in [1.82, 2.24) is 9.97 Å². The molecule has 0 aliphatic rings. The monoisotopic (exact) mass is 284 g/mol. The molecule has 21 heavy (non-hydrogen) atoms. The molecule has 110 valence electrons. The largest absolute Gasteiger partial charge is 0.399 e. The fourth-order valence-electron chi connectivity index (χ4n) is 1.96. The standard InChI is InChI=1S/C15H20N6/c1-2-3-8-19-15-12(14(18)20-9-21-15)13(17)10-4-6-11(16)7-5-10/h4-7,9,17H,2-3,8,16H2,1H3,(H3,18,19,20,21). The molecule has 6 N–H and O–H groups in total.